The fraction of sp³-hybridized carbons (Fsp3) is 0.310. The second-order valence-corrected chi connectivity index (χ2v) is 9.28. The van der Waals surface area contributed by atoms with Crippen LogP contribution in [0.3, 0.4) is 0 Å². The van der Waals surface area contributed by atoms with E-state index in [2.05, 4.69) is 10.3 Å². The molecule has 8 nitrogen and oxygen atoms in total. The maximum absolute atomic E-state index is 12.2. The number of Topliss-reactive ketones (excluding diaryl/α,β-unsaturated/α-hetero) is 1. The Morgan fingerprint density at radius 3 is 2.43 bits per heavy atom. The van der Waals surface area contributed by atoms with E-state index in [9.17, 15) is 14.4 Å². The molecule has 0 radical (unpaired) electrons. The van der Waals surface area contributed by atoms with Gasteiger partial charge in [0.05, 0.1) is 12.2 Å². The molecule has 1 amide bonds. The van der Waals surface area contributed by atoms with Gasteiger partial charge in [-0.25, -0.2) is 9.78 Å². The third kappa shape index (κ3) is 6.73. The van der Waals surface area contributed by atoms with Crippen molar-refractivity contribution in [2.45, 2.75) is 32.6 Å². The average Bonchev–Trinajstić information content (AvgIpc) is 3.30. The molecule has 8 heteroatoms. The highest BCUT2D eigenvalue weighted by molar-refractivity contribution is 5.94. The number of esters is 1. The van der Waals surface area contributed by atoms with Crippen LogP contribution in [-0.2, 0) is 16.0 Å². The van der Waals surface area contributed by atoms with E-state index < -0.39 is 5.97 Å². The number of nitrogens with one attached hydrogen (secondary N) is 1. The molecule has 37 heavy (non-hydrogen) atoms. The number of ketones is 1. The summed E-state index contributed by atoms with van der Waals surface area (Å²) >= 11 is 0. The molecule has 1 aliphatic rings. The Balaban J connectivity index is 1.54. The number of pyridine rings is 1. The molecule has 3 aromatic rings. The minimum atomic E-state index is -0.407. The van der Waals surface area contributed by atoms with Gasteiger partial charge in [-0.05, 0) is 85.8 Å². The maximum atomic E-state index is 12.2. The quantitative estimate of drug-likeness (QED) is 0.392. The van der Waals surface area contributed by atoms with Crippen molar-refractivity contribution in [2.24, 2.45) is 5.92 Å². The lowest BCUT2D eigenvalue weighted by Gasteiger charge is -2.17. The van der Waals surface area contributed by atoms with Crippen molar-refractivity contribution in [3.8, 4) is 11.5 Å². The van der Waals surface area contributed by atoms with Crippen molar-refractivity contribution in [1.82, 2.24) is 9.88 Å². The van der Waals surface area contributed by atoms with Crippen LogP contribution in [0, 0.1) is 5.92 Å². The highest BCUT2D eigenvalue weighted by Crippen LogP contribution is 2.34. The maximum Gasteiger partial charge on any atom is 0.339 e. The average molecular weight is 502 g/mol. The van der Waals surface area contributed by atoms with Gasteiger partial charge >= 0.3 is 5.97 Å². The lowest BCUT2D eigenvalue weighted by Crippen LogP contribution is -2.21. The zero-order valence-electron chi connectivity index (χ0n) is 21.3. The van der Waals surface area contributed by atoms with Crippen LogP contribution in [-0.4, -0.2) is 48.2 Å². The standard InChI is InChI=1S/C29H31N3O5/c1-4-36-29(35)21-8-14-27(30-18-21)31-23-9-13-26(22(17-23)15-19-5-10-24(33)16-19)37-25-11-6-20(7-12-25)28(34)32(2)3/h6-9,11-14,17-19H,4-5,10,15-16H2,1-3H3,(H,30,31). The normalized spacial score (nSPS) is 14.8. The van der Waals surface area contributed by atoms with Gasteiger partial charge in [0, 0.05) is 44.4 Å². The first-order chi connectivity index (χ1) is 17.8. The molecule has 1 unspecified atom stereocenters. The topological polar surface area (TPSA) is 97.8 Å². The summed E-state index contributed by atoms with van der Waals surface area (Å²) in [6, 6.07) is 16.2. The van der Waals surface area contributed by atoms with Gasteiger partial charge in [-0.1, -0.05) is 0 Å². The Bertz CT molecular complexity index is 1270. The van der Waals surface area contributed by atoms with Crippen LogP contribution < -0.4 is 10.1 Å². The van der Waals surface area contributed by atoms with E-state index in [0.717, 1.165) is 17.7 Å². The summed E-state index contributed by atoms with van der Waals surface area (Å²) in [5.74, 6) is 2.00. The molecule has 1 atom stereocenters. The number of hydrogen-bond donors (Lipinski definition) is 1. The Morgan fingerprint density at radius 1 is 1.05 bits per heavy atom. The smallest absolute Gasteiger partial charge is 0.339 e. The lowest BCUT2D eigenvalue weighted by molar-refractivity contribution is -0.117. The first kappa shape index (κ1) is 25.9. The summed E-state index contributed by atoms with van der Waals surface area (Å²) < 4.78 is 11.2. The number of anilines is 2. The third-order valence-corrected chi connectivity index (χ3v) is 6.20. The van der Waals surface area contributed by atoms with Gasteiger partial charge in [-0.3, -0.25) is 9.59 Å². The highest BCUT2D eigenvalue weighted by atomic mass is 16.5. The Morgan fingerprint density at radius 2 is 1.81 bits per heavy atom. The van der Waals surface area contributed by atoms with Crippen LogP contribution in [0.4, 0.5) is 11.5 Å². The summed E-state index contributed by atoms with van der Waals surface area (Å²) in [7, 11) is 3.43. The van der Waals surface area contributed by atoms with E-state index in [0.29, 0.717) is 60.1 Å². The molecule has 192 valence electrons. The molecule has 1 saturated carbocycles. The van der Waals surface area contributed by atoms with Crippen molar-refractivity contribution in [1.29, 1.82) is 0 Å². The molecule has 0 aliphatic heterocycles. The molecule has 4 rings (SSSR count). The summed E-state index contributed by atoms with van der Waals surface area (Å²) in [4.78, 5) is 41.8. The molecule has 1 aliphatic carbocycles. The number of hydrogen-bond acceptors (Lipinski definition) is 7. The van der Waals surface area contributed by atoms with E-state index in [4.69, 9.17) is 9.47 Å². The number of amides is 1. The van der Waals surface area contributed by atoms with Crippen molar-refractivity contribution >= 4 is 29.2 Å². The van der Waals surface area contributed by atoms with Crippen LogP contribution >= 0.6 is 0 Å². The molecule has 2 aromatic carbocycles. The van der Waals surface area contributed by atoms with Crippen LogP contribution in [0.1, 0.15) is 52.5 Å². The predicted molar refractivity (Wildman–Crippen MR) is 141 cm³/mol. The monoisotopic (exact) mass is 501 g/mol. The minimum absolute atomic E-state index is 0.0718. The van der Waals surface area contributed by atoms with Gasteiger partial charge < -0.3 is 19.7 Å². The molecule has 1 fully saturated rings. The number of ether oxygens (including phenoxy) is 2. The fourth-order valence-electron chi connectivity index (χ4n) is 4.29. The van der Waals surface area contributed by atoms with E-state index in [1.54, 1.807) is 57.4 Å². The van der Waals surface area contributed by atoms with Crippen LogP contribution in [0.5, 0.6) is 11.5 Å². The Kier molecular flexibility index (Phi) is 8.18. The molecule has 0 spiro atoms. The zero-order valence-corrected chi connectivity index (χ0v) is 21.3. The number of carbonyl (C=O) groups excluding carboxylic acids is 3. The number of rotatable bonds is 9. The van der Waals surface area contributed by atoms with Gasteiger partial charge in [0.15, 0.2) is 0 Å². The van der Waals surface area contributed by atoms with Crippen molar-refractivity contribution in [3.63, 3.8) is 0 Å². The number of carbonyl (C=O) groups is 3. The summed E-state index contributed by atoms with van der Waals surface area (Å²) in [5.41, 5.74) is 2.76. The van der Waals surface area contributed by atoms with Crippen LogP contribution in [0.25, 0.3) is 0 Å². The Hall–Kier alpha value is -4.20. The van der Waals surface area contributed by atoms with Gasteiger partial charge in [0.1, 0.15) is 23.1 Å². The first-order valence-corrected chi connectivity index (χ1v) is 12.4. The number of aromatic nitrogens is 1. The van der Waals surface area contributed by atoms with Gasteiger partial charge in [0.25, 0.3) is 5.91 Å². The van der Waals surface area contributed by atoms with E-state index in [-0.39, 0.29) is 11.8 Å². The first-order valence-electron chi connectivity index (χ1n) is 12.4. The van der Waals surface area contributed by atoms with Gasteiger partial charge in [-0.15, -0.1) is 0 Å². The minimum Gasteiger partial charge on any atom is -0.462 e. The lowest BCUT2D eigenvalue weighted by atomic mass is 9.97. The third-order valence-electron chi connectivity index (χ3n) is 6.20. The number of benzene rings is 2. The fourth-order valence-corrected chi connectivity index (χ4v) is 4.29. The van der Waals surface area contributed by atoms with E-state index in [1.165, 1.54) is 11.1 Å². The Labute approximate surface area is 216 Å². The van der Waals surface area contributed by atoms with E-state index in [1.807, 2.05) is 18.2 Å². The SMILES string of the molecule is CCOC(=O)c1ccc(Nc2ccc(Oc3ccc(C(=O)N(C)C)cc3)c(CC3CCC(=O)C3)c2)nc1. The molecule has 0 saturated heterocycles. The second-order valence-electron chi connectivity index (χ2n) is 9.28. The molecule has 1 N–H and O–H groups in total. The van der Waals surface area contributed by atoms with Crippen LogP contribution in [0.2, 0.25) is 0 Å². The van der Waals surface area contributed by atoms with Crippen molar-refractivity contribution in [3.05, 3.63) is 77.5 Å². The van der Waals surface area contributed by atoms with Crippen molar-refractivity contribution < 1.29 is 23.9 Å². The molecular weight excluding hydrogens is 470 g/mol. The highest BCUT2D eigenvalue weighted by Gasteiger charge is 2.24. The summed E-state index contributed by atoms with van der Waals surface area (Å²) in [6.45, 7) is 2.07. The molecule has 0 bridgehead atoms. The molecule has 1 aromatic heterocycles. The van der Waals surface area contributed by atoms with E-state index >= 15 is 0 Å². The molecule has 1 heterocycles. The summed E-state index contributed by atoms with van der Waals surface area (Å²) in [6.07, 6.45) is 4.26. The summed E-state index contributed by atoms with van der Waals surface area (Å²) in [5, 5.41) is 3.27. The van der Waals surface area contributed by atoms with Crippen molar-refractivity contribution in [2.75, 3.05) is 26.0 Å². The largest absolute Gasteiger partial charge is 0.462 e. The second kappa shape index (κ2) is 11.7. The molecular formula is C29H31N3O5. The predicted octanol–water partition coefficient (Wildman–Crippen LogP) is 5.41. The zero-order chi connectivity index (χ0) is 26.4. The van der Waals surface area contributed by atoms with Crippen LogP contribution in [0.15, 0.2) is 60.8 Å². The number of nitrogens with zero attached hydrogens (tertiary/aromatic N) is 2. The van der Waals surface area contributed by atoms with Gasteiger partial charge in [0.2, 0.25) is 0 Å². The van der Waals surface area contributed by atoms with Gasteiger partial charge in [-0.2, -0.15) is 0 Å².